The normalized spacial score (nSPS) is 38.8. The van der Waals surface area contributed by atoms with E-state index < -0.39 is 0 Å². The summed E-state index contributed by atoms with van der Waals surface area (Å²) in [7, 11) is 0. The van der Waals surface area contributed by atoms with Crippen molar-refractivity contribution in [1.29, 1.82) is 0 Å². The van der Waals surface area contributed by atoms with Crippen molar-refractivity contribution < 1.29 is 0 Å². The van der Waals surface area contributed by atoms with Crippen molar-refractivity contribution in [3.63, 3.8) is 0 Å². The van der Waals surface area contributed by atoms with E-state index in [1.807, 2.05) is 0 Å². The third kappa shape index (κ3) is 2.02. The fraction of sp³-hybridized carbons (Fsp3) is 1.00. The van der Waals surface area contributed by atoms with Crippen molar-refractivity contribution in [2.24, 2.45) is 11.7 Å². The van der Waals surface area contributed by atoms with Gasteiger partial charge >= 0.3 is 0 Å². The second kappa shape index (κ2) is 4.30. The molecule has 0 aromatic heterocycles. The van der Waals surface area contributed by atoms with Crippen LogP contribution in [0, 0.1) is 5.92 Å². The van der Waals surface area contributed by atoms with Crippen LogP contribution in [0.3, 0.4) is 0 Å². The van der Waals surface area contributed by atoms with Crippen LogP contribution in [-0.2, 0) is 0 Å². The zero-order chi connectivity index (χ0) is 11.0. The van der Waals surface area contributed by atoms with E-state index in [1.165, 1.54) is 70.9 Å². The average molecular weight is 222 g/mol. The monoisotopic (exact) mass is 222 g/mol. The third-order valence-electron chi connectivity index (χ3n) is 5.23. The second-order valence-corrected chi connectivity index (χ2v) is 6.44. The predicted molar refractivity (Wildman–Crippen MR) is 67.3 cm³/mol. The number of rotatable bonds is 2. The van der Waals surface area contributed by atoms with Crippen LogP contribution < -0.4 is 5.73 Å². The van der Waals surface area contributed by atoms with Crippen molar-refractivity contribution in [3.05, 3.63) is 0 Å². The van der Waals surface area contributed by atoms with Crippen LogP contribution in [-0.4, -0.2) is 29.6 Å². The number of likely N-dealkylation sites (tertiary alicyclic amines) is 1. The number of nitrogens with two attached hydrogens (primary N) is 1. The molecule has 92 valence electrons. The van der Waals surface area contributed by atoms with Gasteiger partial charge in [-0.05, 0) is 57.4 Å². The molecule has 3 fully saturated rings. The van der Waals surface area contributed by atoms with Gasteiger partial charge in [-0.1, -0.05) is 12.8 Å². The van der Waals surface area contributed by atoms with E-state index in [0.717, 1.165) is 12.0 Å². The topological polar surface area (TPSA) is 29.3 Å². The molecular formula is C14H26N2. The van der Waals surface area contributed by atoms with Crippen molar-refractivity contribution >= 4 is 0 Å². The molecule has 2 saturated carbocycles. The Balaban J connectivity index is 1.63. The highest BCUT2D eigenvalue weighted by Crippen LogP contribution is 2.38. The Hall–Kier alpha value is -0.0800. The van der Waals surface area contributed by atoms with Gasteiger partial charge in [0.25, 0.3) is 0 Å². The highest BCUT2D eigenvalue weighted by atomic mass is 15.2. The molecule has 0 aromatic carbocycles. The summed E-state index contributed by atoms with van der Waals surface area (Å²) < 4.78 is 0. The van der Waals surface area contributed by atoms with Gasteiger partial charge in [0.1, 0.15) is 0 Å². The van der Waals surface area contributed by atoms with Crippen LogP contribution in [0.25, 0.3) is 0 Å². The van der Waals surface area contributed by atoms with Crippen LogP contribution >= 0.6 is 0 Å². The van der Waals surface area contributed by atoms with Crippen molar-refractivity contribution in [1.82, 2.24) is 4.90 Å². The Morgan fingerprint density at radius 2 is 1.75 bits per heavy atom. The van der Waals surface area contributed by atoms with Crippen LogP contribution in [0.5, 0.6) is 0 Å². The van der Waals surface area contributed by atoms with E-state index in [9.17, 15) is 0 Å². The summed E-state index contributed by atoms with van der Waals surface area (Å²) in [6.45, 7) is 2.51. The van der Waals surface area contributed by atoms with Gasteiger partial charge in [-0.15, -0.1) is 0 Å². The first kappa shape index (κ1) is 11.0. The summed E-state index contributed by atoms with van der Waals surface area (Å²) in [5.41, 5.74) is 6.61. The van der Waals surface area contributed by atoms with E-state index in [0.29, 0.717) is 0 Å². The first-order chi connectivity index (χ1) is 7.77. The number of hydrogen-bond acceptors (Lipinski definition) is 2. The number of nitrogens with zero attached hydrogens (tertiary/aromatic N) is 1. The number of hydrogen-bond donors (Lipinski definition) is 1. The SMILES string of the molecule is NC1(CN2CCCC3CCCCC32)CCC1. The Bertz CT molecular complexity index is 245. The lowest BCUT2D eigenvalue weighted by molar-refractivity contribution is 0.0271. The zero-order valence-corrected chi connectivity index (χ0v) is 10.5. The zero-order valence-electron chi connectivity index (χ0n) is 10.5. The number of piperidine rings is 1. The second-order valence-electron chi connectivity index (χ2n) is 6.44. The van der Waals surface area contributed by atoms with Crippen LogP contribution in [0.4, 0.5) is 0 Å². The van der Waals surface area contributed by atoms with Gasteiger partial charge in [0.2, 0.25) is 0 Å². The molecule has 2 N–H and O–H groups in total. The van der Waals surface area contributed by atoms with Crippen molar-refractivity contribution in [2.45, 2.75) is 69.4 Å². The summed E-state index contributed by atoms with van der Waals surface area (Å²) in [4.78, 5) is 2.76. The summed E-state index contributed by atoms with van der Waals surface area (Å²) in [6, 6.07) is 0.892. The molecule has 1 saturated heterocycles. The summed E-state index contributed by atoms with van der Waals surface area (Å²) in [5.74, 6) is 1.01. The minimum absolute atomic E-state index is 0.194. The maximum absolute atomic E-state index is 6.41. The van der Waals surface area contributed by atoms with E-state index >= 15 is 0 Å². The minimum atomic E-state index is 0.194. The van der Waals surface area contributed by atoms with E-state index in [4.69, 9.17) is 5.73 Å². The molecule has 2 heteroatoms. The van der Waals surface area contributed by atoms with Gasteiger partial charge in [-0.25, -0.2) is 0 Å². The highest BCUT2D eigenvalue weighted by molar-refractivity contribution is 4.98. The quantitative estimate of drug-likeness (QED) is 0.778. The first-order valence-corrected chi connectivity index (χ1v) is 7.30. The van der Waals surface area contributed by atoms with Gasteiger partial charge in [-0.3, -0.25) is 4.90 Å². The average Bonchev–Trinajstić information content (AvgIpc) is 2.27. The molecule has 3 rings (SSSR count). The first-order valence-electron chi connectivity index (χ1n) is 7.30. The lowest BCUT2D eigenvalue weighted by Crippen LogP contribution is -2.59. The summed E-state index contributed by atoms with van der Waals surface area (Å²) >= 11 is 0. The molecular weight excluding hydrogens is 196 g/mol. The molecule has 0 radical (unpaired) electrons. The predicted octanol–water partition coefficient (Wildman–Crippen LogP) is 2.52. The molecule has 3 aliphatic rings. The molecule has 1 aliphatic heterocycles. The van der Waals surface area contributed by atoms with Crippen LogP contribution in [0.2, 0.25) is 0 Å². The standard InChI is InChI=1S/C14H26N2/c15-14(8-4-9-14)11-16-10-3-6-12-5-1-2-7-13(12)16/h12-13H,1-11,15H2. The molecule has 2 nitrogen and oxygen atoms in total. The fourth-order valence-electron chi connectivity index (χ4n) is 4.12. The smallest absolute Gasteiger partial charge is 0.0283 e. The molecule has 0 spiro atoms. The molecule has 0 bridgehead atoms. The van der Waals surface area contributed by atoms with Gasteiger partial charge in [0.05, 0.1) is 0 Å². The lowest BCUT2D eigenvalue weighted by Gasteiger charge is -2.49. The van der Waals surface area contributed by atoms with E-state index in [-0.39, 0.29) is 5.54 Å². The Kier molecular flexibility index (Phi) is 2.97. The Morgan fingerprint density at radius 1 is 1.00 bits per heavy atom. The van der Waals surface area contributed by atoms with Gasteiger partial charge in [-0.2, -0.15) is 0 Å². The minimum Gasteiger partial charge on any atom is -0.324 e. The fourth-order valence-corrected chi connectivity index (χ4v) is 4.12. The Labute approximate surface area is 99.6 Å². The van der Waals surface area contributed by atoms with E-state index in [1.54, 1.807) is 0 Å². The number of fused-ring (bicyclic) bond motifs is 1. The lowest BCUT2D eigenvalue weighted by atomic mass is 9.74. The molecule has 2 aliphatic carbocycles. The molecule has 16 heavy (non-hydrogen) atoms. The van der Waals surface area contributed by atoms with Crippen LogP contribution in [0.15, 0.2) is 0 Å². The summed E-state index contributed by atoms with van der Waals surface area (Å²) in [5, 5.41) is 0. The maximum atomic E-state index is 6.41. The molecule has 0 aromatic rings. The molecule has 0 amide bonds. The maximum Gasteiger partial charge on any atom is 0.0283 e. The van der Waals surface area contributed by atoms with Gasteiger partial charge in [0.15, 0.2) is 0 Å². The highest BCUT2D eigenvalue weighted by Gasteiger charge is 2.39. The Morgan fingerprint density at radius 3 is 2.50 bits per heavy atom. The van der Waals surface area contributed by atoms with Crippen molar-refractivity contribution in [3.8, 4) is 0 Å². The largest absolute Gasteiger partial charge is 0.324 e. The van der Waals surface area contributed by atoms with Gasteiger partial charge < -0.3 is 5.73 Å². The summed E-state index contributed by atoms with van der Waals surface area (Å²) in [6.07, 6.45) is 12.6. The van der Waals surface area contributed by atoms with Crippen molar-refractivity contribution in [2.75, 3.05) is 13.1 Å². The third-order valence-corrected chi connectivity index (χ3v) is 5.23. The van der Waals surface area contributed by atoms with E-state index in [2.05, 4.69) is 4.90 Å². The molecule has 2 atom stereocenters. The molecule has 1 heterocycles. The molecule has 2 unspecified atom stereocenters. The van der Waals surface area contributed by atoms with Crippen LogP contribution in [0.1, 0.15) is 57.8 Å². The van der Waals surface area contributed by atoms with Gasteiger partial charge in [0, 0.05) is 18.1 Å².